The summed E-state index contributed by atoms with van der Waals surface area (Å²) in [6.07, 6.45) is 0.828. The van der Waals surface area contributed by atoms with Crippen molar-refractivity contribution in [2.45, 2.75) is 13.0 Å². The number of nitrogens with two attached hydrogens (primary N) is 1. The third-order valence-electron chi connectivity index (χ3n) is 2.12. The number of benzene rings is 1. The van der Waals surface area contributed by atoms with Crippen LogP contribution in [0.4, 0.5) is 0 Å². The summed E-state index contributed by atoms with van der Waals surface area (Å²) < 4.78 is 0. The van der Waals surface area contributed by atoms with Gasteiger partial charge in [-0.2, -0.15) is 0 Å². The topological polar surface area (TPSA) is 84.6 Å². The first kappa shape index (κ1) is 12.6. The Kier molecular flexibility index (Phi) is 5.49. The number of carboxylic acid groups (broad SMARTS) is 1. The standard InChI is InChI=1S/C11H16N2O3/c12-16-6-2-5-13-8-9-3-1-4-10(7-9)11(14)15/h1,3-4,7,13H,2,5-6,8,12H2,(H,14,15). The largest absolute Gasteiger partial charge is 0.478 e. The molecule has 5 heteroatoms. The van der Waals surface area contributed by atoms with Gasteiger partial charge in [0.1, 0.15) is 0 Å². The Labute approximate surface area is 94.2 Å². The molecule has 0 atom stereocenters. The zero-order valence-electron chi connectivity index (χ0n) is 8.98. The molecule has 5 nitrogen and oxygen atoms in total. The van der Waals surface area contributed by atoms with E-state index in [0.29, 0.717) is 18.7 Å². The third kappa shape index (κ3) is 4.39. The summed E-state index contributed by atoms with van der Waals surface area (Å²) in [4.78, 5) is 15.1. The lowest BCUT2D eigenvalue weighted by atomic mass is 10.1. The molecule has 16 heavy (non-hydrogen) atoms. The van der Waals surface area contributed by atoms with Crippen molar-refractivity contribution in [1.29, 1.82) is 0 Å². The fraction of sp³-hybridized carbons (Fsp3) is 0.364. The van der Waals surface area contributed by atoms with E-state index in [1.54, 1.807) is 18.2 Å². The highest BCUT2D eigenvalue weighted by Gasteiger charge is 2.02. The average molecular weight is 224 g/mol. The van der Waals surface area contributed by atoms with E-state index in [0.717, 1.165) is 18.5 Å². The summed E-state index contributed by atoms with van der Waals surface area (Å²) in [5.74, 6) is 3.98. The van der Waals surface area contributed by atoms with E-state index in [-0.39, 0.29) is 0 Å². The Hall–Kier alpha value is -1.43. The second-order valence-electron chi connectivity index (χ2n) is 3.41. The van der Waals surface area contributed by atoms with E-state index in [1.165, 1.54) is 0 Å². The maximum absolute atomic E-state index is 10.7. The number of nitrogens with one attached hydrogen (secondary N) is 1. The molecule has 0 saturated heterocycles. The van der Waals surface area contributed by atoms with E-state index < -0.39 is 5.97 Å². The molecule has 1 rings (SSSR count). The molecule has 0 heterocycles. The second kappa shape index (κ2) is 6.95. The number of carboxylic acids is 1. The SMILES string of the molecule is NOCCCNCc1cccc(C(=O)O)c1. The fourth-order valence-corrected chi connectivity index (χ4v) is 1.33. The number of hydrogen-bond donors (Lipinski definition) is 3. The van der Waals surface area contributed by atoms with Crippen molar-refractivity contribution in [3.8, 4) is 0 Å². The van der Waals surface area contributed by atoms with Crippen molar-refractivity contribution in [2.24, 2.45) is 5.90 Å². The van der Waals surface area contributed by atoms with Crippen molar-refractivity contribution in [2.75, 3.05) is 13.2 Å². The summed E-state index contributed by atoms with van der Waals surface area (Å²) >= 11 is 0. The molecule has 1 aromatic carbocycles. The Bertz CT molecular complexity index is 342. The van der Waals surface area contributed by atoms with Crippen LogP contribution in [-0.4, -0.2) is 24.2 Å². The molecule has 0 spiro atoms. The minimum absolute atomic E-state index is 0.310. The third-order valence-corrected chi connectivity index (χ3v) is 2.12. The zero-order chi connectivity index (χ0) is 11.8. The Morgan fingerprint density at radius 2 is 2.31 bits per heavy atom. The van der Waals surface area contributed by atoms with Gasteiger partial charge in [0.2, 0.25) is 0 Å². The molecule has 0 unspecified atom stereocenters. The van der Waals surface area contributed by atoms with Gasteiger partial charge in [0, 0.05) is 6.54 Å². The molecular formula is C11H16N2O3. The fourth-order valence-electron chi connectivity index (χ4n) is 1.33. The first-order chi connectivity index (χ1) is 7.74. The smallest absolute Gasteiger partial charge is 0.335 e. The van der Waals surface area contributed by atoms with Gasteiger partial charge in [-0.3, -0.25) is 0 Å². The Morgan fingerprint density at radius 1 is 1.50 bits per heavy atom. The normalized spacial score (nSPS) is 10.3. The van der Waals surface area contributed by atoms with Gasteiger partial charge in [-0.05, 0) is 30.7 Å². The van der Waals surface area contributed by atoms with Crippen LogP contribution in [0, 0.1) is 0 Å². The lowest BCUT2D eigenvalue weighted by Gasteiger charge is -2.05. The molecule has 4 N–H and O–H groups in total. The molecule has 0 bridgehead atoms. The van der Waals surface area contributed by atoms with Crippen LogP contribution in [-0.2, 0) is 11.4 Å². The zero-order valence-corrected chi connectivity index (χ0v) is 8.98. The monoisotopic (exact) mass is 224 g/mol. The first-order valence-electron chi connectivity index (χ1n) is 5.08. The van der Waals surface area contributed by atoms with Crippen LogP contribution in [0.25, 0.3) is 0 Å². The summed E-state index contributed by atoms with van der Waals surface area (Å²) in [5.41, 5.74) is 1.26. The molecule has 0 aliphatic carbocycles. The minimum atomic E-state index is -0.904. The van der Waals surface area contributed by atoms with Crippen LogP contribution in [0.15, 0.2) is 24.3 Å². The van der Waals surface area contributed by atoms with Gasteiger partial charge >= 0.3 is 5.97 Å². The van der Waals surface area contributed by atoms with Crippen molar-refractivity contribution in [3.63, 3.8) is 0 Å². The molecule has 0 aromatic heterocycles. The number of rotatable bonds is 7. The molecule has 88 valence electrons. The van der Waals surface area contributed by atoms with Crippen LogP contribution in [0.3, 0.4) is 0 Å². The van der Waals surface area contributed by atoms with Gasteiger partial charge in [-0.15, -0.1) is 0 Å². The van der Waals surface area contributed by atoms with Gasteiger partial charge < -0.3 is 15.3 Å². The van der Waals surface area contributed by atoms with Crippen LogP contribution < -0.4 is 11.2 Å². The average Bonchev–Trinajstić information content (AvgIpc) is 2.29. The van der Waals surface area contributed by atoms with Crippen LogP contribution in [0.2, 0.25) is 0 Å². The van der Waals surface area contributed by atoms with Crippen LogP contribution >= 0.6 is 0 Å². The predicted octanol–water partition coefficient (Wildman–Crippen LogP) is 0.755. The van der Waals surface area contributed by atoms with Crippen LogP contribution in [0.5, 0.6) is 0 Å². The summed E-state index contributed by atoms with van der Waals surface area (Å²) in [6.45, 7) is 1.95. The van der Waals surface area contributed by atoms with Crippen LogP contribution in [0.1, 0.15) is 22.3 Å². The van der Waals surface area contributed by atoms with E-state index in [1.807, 2.05) is 6.07 Å². The highest BCUT2D eigenvalue weighted by Crippen LogP contribution is 2.04. The van der Waals surface area contributed by atoms with Gasteiger partial charge in [0.25, 0.3) is 0 Å². The molecule has 0 fully saturated rings. The quantitative estimate of drug-likeness (QED) is 0.470. The lowest BCUT2D eigenvalue weighted by Crippen LogP contribution is -2.17. The number of aromatic carboxylic acids is 1. The highest BCUT2D eigenvalue weighted by atomic mass is 16.6. The Balaban J connectivity index is 2.36. The molecule has 0 radical (unpaired) electrons. The first-order valence-corrected chi connectivity index (χ1v) is 5.08. The highest BCUT2D eigenvalue weighted by molar-refractivity contribution is 5.87. The molecular weight excluding hydrogens is 208 g/mol. The lowest BCUT2D eigenvalue weighted by molar-refractivity contribution is 0.0697. The van der Waals surface area contributed by atoms with Gasteiger partial charge in [0.05, 0.1) is 12.2 Å². The summed E-state index contributed by atoms with van der Waals surface area (Å²) in [7, 11) is 0. The van der Waals surface area contributed by atoms with E-state index in [9.17, 15) is 4.79 Å². The van der Waals surface area contributed by atoms with Crippen molar-refractivity contribution in [3.05, 3.63) is 35.4 Å². The molecule has 1 aromatic rings. The van der Waals surface area contributed by atoms with Crippen molar-refractivity contribution >= 4 is 5.97 Å². The molecule has 0 amide bonds. The molecule has 0 aliphatic heterocycles. The van der Waals surface area contributed by atoms with Gasteiger partial charge in [-0.25, -0.2) is 10.7 Å². The van der Waals surface area contributed by atoms with E-state index >= 15 is 0 Å². The van der Waals surface area contributed by atoms with E-state index in [2.05, 4.69) is 10.2 Å². The van der Waals surface area contributed by atoms with E-state index in [4.69, 9.17) is 11.0 Å². The minimum Gasteiger partial charge on any atom is -0.478 e. The maximum Gasteiger partial charge on any atom is 0.335 e. The second-order valence-corrected chi connectivity index (χ2v) is 3.41. The Morgan fingerprint density at radius 3 is 3.00 bits per heavy atom. The molecule has 0 aliphatic rings. The van der Waals surface area contributed by atoms with Gasteiger partial charge in [-0.1, -0.05) is 12.1 Å². The summed E-state index contributed by atoms with van der Waals surface area (Å²) in [6, 6.07) is 6.87. The predicted molar refractivity (Wildman–Crippen MR) is 59.9 cm³/mol. The summed E-state index contributed by atoms with van der Waals surface area (Å²) in [5, 5.41) is 12.0. The number of carbonyl (C=O) groups is 1. The number of hydrogen-bond acceptors (Lipinski definition) is 4. The van der Waals surface area contributed by atoms with Crippen molar-refractivity contribution in [1.82, 2.24) is 5.32 Å². The van der Waals surface area contributed by atoms with Crippen molar-refractivity contribution < 1.29 is 14.7 Å². The van der Waals surface area contributed by atoms with Gasteiger partial charge in [0.15, 0.2) is 0 Å². The maximum atomic E-state index is 10.7. The molecule has 0 saturated carbocycles.